The molecule has 0 spiro atoms. The number of carboxylic acid groups (broad SMARTS) is 1. The fraction of sp³-hybridized carbons (Fsp3) is 0.292. The van der Waals surface area contributed by atoms with Gasteiger partial charge in [0.2, 0.25) is 6.79 Å². The van der Waals surface area contributed by atoms with Gasteiger partial charge in [-0.25, -0.2) is 0 Å². The third-order valence-electron chi connectivity index (χ3n) is 5.66. The molecule has 2 N–H and O–H groups in total. The summed E-state index contributed by atoms with van der Waals surface area (Å²) in [5, 5.41) is 22.1. The molecule has 36 heavy (non-hydrogen) atoms. The first-order valence-electron chi connectivity index (χ1n) is 11.0. The number of hydrogen-bond donors (Lipinski definition) is 2. The number of nitrogens with zero attached hydrogens (tertiary/aromatic N) is 3. The van der Waals surface area contributed by atoms with Gasteiger partial charge in [0.15, 0.2) is 11.5 Å². The van der Waals surface area contributed by atoms with Gasteiger partial charge in [0.05, 0.1) is 4.91 Å². The predicted molar refractivity (Wildman–Crippen MR) is 138 cm³/mol. The van der Waals surface area contributed by atoms with E-state index in [1.54, 1.807) is 19.1 Å². The van der Waals surface area contributed by atoms with Crippen molar-refractivity contribution in [1.82, 2.24) is 9.47 Å². The lowest BCUT2D eigenvalue weighted by molar-refractivity contribution is -0.140. The molecule has 10 nitrogen and oxygen atoms in total. The highest BCUT2D eigenvalue weighted by Crippen LogP contribution is 2.36. The van der Waals surface area contributed by atoms with Gasteiger partial charge in [-0.2, -0.15) is 5.26 Å². The van der Waals surface area contributed by atoms with E-state index in [-0.39, 0.29) is 21.6 Å². The fourth-order valence-electron chi connectivity index (χ4n) is 3.93. The highest BCUT2D eigenvalue weighted by Gasteiger charge is 2.34. The number of fused-ring (bicyclic) bond motifs is 1. The lowest BCUT2D eigenvalue weighted by atomic mass is 10.0. The number of thioether (sulfide) groups is 1. The Hall–Kier alpha value is -3.82. The number of ether oxygens (including phenoxy) is 2. The van der Waals surface area contributed by atoms with Crippen molar-refractivity contribution < 1.29 is 24.2 Å². The molecule has 1 saturated heterocycles. The molecule has 0 radical (unpaired) electrons. The van der Waals surface area contributed by atoms with Crippen LogP contribution in [0.3, 0.4) is 0 Å². The quantitative estimate of drug-likeness (QED) is 0.390. The fourth-order valence-corrected chi connectivity index (χ4v) is 5.17. The summed E-state index contributed by atoms with van der Waals surface area (Å²) in [6.45, 7) is 3.84. The highest BCUT2D eigenvalue weighted by molar-refractivity contribution is 8.26. The zero-order valence-electron chi connectivity index (χ0n) is 19.5. The predicted octanol–water partition coefficient (Wildman–Crippen LogP) is 3.07. The molecule has 2 aromatic rings. The van der Waals surface area contributed by atoms with Gasteiger partial charge < -0.3 is 19.9 Å². The number of aliphatic carboxylic acids is 1. The number of amides is 1. The molecule has 186 valence electrons. The number of hydrogen-bond acceptors (Lipinski definition) is 9. The number of anilines is 1. The standard InChI is InChI=1S/C24H22N4O6S2/c1-3-6-27-21(26-10-14-4-5-17-18(7-14)34-12-33-17)15(13(2)16(9-25)22(27)31)8-19-23(32)28(11-20(29)30)24(35)36-19/h4-5,7-8,26H,3,6,10-12H2,1-2H3,(H,29,30)/b19-8+. The summed E-state index contributed by atoms with van der Waals surface area (Å²) in [6.07, 6.45) is 2.19. The SMILES string of the molecule is CCCn1c(NCc2ccc3c(c2)OCO3)c(/C=C2/SC(=S)N(CC(=O)O)C2=O)c(C)c(C#N)c1=O. The van der Waals surface area contributed by atoms with Crippen molar-refractivity contribution in [2.24, 2.45) is 0 Å². The maximum Gasteiger partial charge on any atom is 0.323 e. The molecule has 3 heterocycles. The zero-order valence-corrected chi connectivity index (χ0v) is 21.1. The Morgan fingerprint density at radius 2 is 2.08 bits per heavy atom. The zero-order chi connectivity index (χ0) is 26.0. The van der Waals surface area contributed by atoms with E-state index in [9.17, 15) is 19.6 Å². The first-order chi connectivity index (χ1) is 17.2. The van der Waals surface area contributed by atoms with Gasteiger partial charge in [0.25, 0.3) is 11.5 Å². The molecule has 0 unspecified atom stereocenters. The highest BCUT2D eigenvalue weighted by atomic mass is 32.2. The number of aromatic nitrogens is 1. The number of nitrogens with one attached hydrogen (secondary N) is 1. The van der Waals surface area contributed by atoms with Crippen LogP contribution in [0, 0.1) is 18.3 Å². The van der Waals surface area contributed by atoms with E-state index < -0.39 is 24.0 Å². The smallest absolute Gasteiger partial charge is 0.323 e. The van der Waals surface area contributed by atoms with Gasteiger partial charge in [-0.05, 0) is 42.7 Å². The summed E-state index contributed by atoms with van der Waals surface area (Å²) in [5.41, 5.74) is 1.31. The maximum absolute atomic E-state index is 13.2. The van der Waals surface area contributed by atoms with Gasteiger partial charge in [-0.15, -0.1) is 0 Å². The molecule has 2 aliphatic heterocycles. The van der Waals surface area contributed by atoms with Gasteiger partial charge in [-0.1, -0.05) is 37.0 Å². The molecule has 1 aromatic carbocycles. The number of carboxylic acids is 1. The van der Waals surface area contributed by atoms with Crippen LogP contribution in [-0.4, -0.2) is 44.1 Å². The van der Waals surface area contributed by atoms with Crippen LogP contribution >= 0.6 is 24.0 Å². The second-order valence-electron chi connectivity index (χ2n) is 8.03. The molecule has 0 atom stereocenters. The number of pyridine rings is 1. The summed E-state index contributed by atoms with van der Waals surface area (Å²) in [4.78, 5) is 38.4. The van der Waals surface area contributed by atoms with Gasteiger partial charge in [0.1, 0.15) is 28.3 Å². The van der Waals surface area contributed by atoms with Crippen molar-refractivity contribution >= 4 is 52.1 Å². The van der Waals surface area contributed by atoms with Crippen LogP contribution < -0.4 is 20.3 Å². The van der Waals surface area contributed by atoms with E-state index in [1.807, 2.05) is 25.1 Å². The van der Waals surface area contributed by atoms with Crippen molar-refractivity contribution in [2.45, 2.75) is 33.4 Å². The number of thiocarbonyl (C=S) groups is 1. The topological polar surface area (TPSA) is 134 Å². The van der Waals surface area contributed by atoms with E-state index >= 15 is 0 Å². The summed E-state index contributed by atoms with van der Waals surface area (Å²) < 4.78 is 12.4. The molecule has 0 saturated carbocycles. The van der Waals surface area contributed by atoms with Crippen LogP contribution in [0.15, 0.2) is 27.9 Å². The Balaban J connectivity index is 1.79. The minimum Gasteiger partial charge on any atom is -0.480 e. The summed E-state index contributed by atoms with van der Waals surface area (Å²) in [5.74, 6) is -0.00335. The molecule has 0 aliphatic carbocycles. The minimum absolute atomic E-state index is 0.0238. The number of rotatable bonds is 8. The van der Waals surface area contributed by atoms with E-state index in [0.717, 1.165) is 22.2 Å². The molecule has 2 aliphatic rings. The van der Waals surface area contributed by atoms with E-state index in [4.69, 9.17) is 26.8 Å². The van der Waals surface area contributed by atoms with Crippen molar-refractivity contribution in [3.05, 3.63) is 55.7 Å². The number of carbonyl (C=O) groups excluding carboxylic acids is 1. The van der Waals surface area contributed by atoms with Gasteiger partial charge in [0, 0.05) is 18.7 Å². The van der Waals surface area contributed by atoms with Gasteiger partial charge in [-0.3, -0.25) is 23.9 Å². The molecule has 1 aromatic heterocycles. The Bertz CT molecular complexity index is 1410. The van der Waals surface area contributed by atoms with E-state index in [1.165, 1.54) is 4.57 Å². The van der Waals surface area contributed by atoms with Crippen molar-refractivity contribution in [3.8, 4) is 17.6 Å². The first kappa shape index (κ1) is 25.3. The van der Waals surface area contributed by atoms with Crippen LogP contribution in [0.4, 0.5) is 5.82 Å². The summed E-state index contributed by atoms with van der Waals surface area (Å²) in [7, 11) is 0. The average molecular weight is 527 g/mol. The van der Waals surface area contributed by atoms with E-state index in [2.05, 4.69) is 5.32 Å². The normalized spacial score (nSPS) is 15.5. The Labute approximate surface area is 216 Å². The lowest BCUT2D eigenvalue weighted by Gasteiger charge is -2.20. The monoisotopic (exact) mass is 526 g/mol. The van der Waals surface area contributed by atoms with Crippen LogP contribution in [0.5, 0.6) is 11.5 Å². The number of carbonyl (C=O) groups is 2. The molecular weight excluding hydrogens is 504 g/mol. The van der Waals surface area contributed by atoms with Crippen LogP contribution in [0.1, 0.15) is 35.6 Å². The second kappa shape index (κ2) is 10.4. The lowest BCUT2D eigenvalue weighted by Crippen LogP contribution is -2.33. The van der Waals surface area contributed by atoms with Crippen molar-refractivity contribution in [2.75, 3.05) is 18.7 Å². The van der Waals surface area contributed by atoms with E-state index in [0.29, 0.717) is 48.0 Å². The second-order valence-corrected chi connectivity index (χ2v) is 9.71. The average Bonchev–Trinajstić information content (AvgIpc) is 3.41. The Kier molecular flexibility index (Phi) is 7.32. The van der Waals surface area contributed by atoms with Crippen molar-refractivity contribution in [1.29, 1.82) is 5.26 Å². The van der Waals surface area contributed by atoms with Crippen LogP contribution in [0.25, 0.3) is 6.08 Å². The molecule has 1 fully saturated rings. The third kappa shape index (κ3) is 4.80. The Morgan fingerprint density at radius 3 is 2.78 bits per heavy atom. The number of nitriles is 1. The molecular formula is C24H22N4O6S2. The number of benzene rings is 1. The van der Waals surface area contributed by atoms with Crippen LogP contribution in [-0.2, 0) is 22.7 Å². The largest absolute Gasteiger partial charge is 0.480 e. The maximum atomic E-state index is 13.2. The first-order valence-corrected chi connectivity index (χ1v) is 12.2. The third-order valence-corrected chi connectivity index (χ3v) is 7.04. The molecule has 4 rings (SSSR count). The molecule has 1 amide bonds. The minimum atomic E-state index is -1.18. The Morgan fingerprint density at radius 1 is 1.33 bits per heavy atom. The molecule has 0 bridgehead atoms. The molecule has 12 heteroatoms. The van der Waals surface area contributed by atoms with Crippen molar-refractivity contribution in [3.63, 3.8) is 0 Å². The van der Waals surface area contributed by atoms with Gasteiger partial charge >= 0.3 is 5.97 Å². The van der Waals surface area contributed by atoms with Crippen LogP contribution in [0.2, 0.25) is 0 Å². The summed E-state index contributed by atoms with van der Waals surface area (Å²) >= 11 is 6.18. The summed E-state index contributed by atoms with van der Waals surface area (Å²) in [6, 6.07) is 7.50.